The number of hydrogen-bond donors (Lipinski definition) is 0. The highest BCUT2D eigenvalue weighted by Crippen LogP contribution is 2.34. The summed E-state index contributed by atoms with van der Waals surface area (Å²) in [5.74, 6) is 0. The molecule has 0 spiro atoms. The van der Waals surface area contributed by atoms with Gasteiger partial charge in [0, 0.05) is 17.2 Å². The maximum atomic E-state index is 11.2. The Kier molecular flexibility index (Phi) is 2.20. The van der Waals surface area contributed by atoms with Crippen LogP contribution in [0.25, 0.3) is 0 Å². The van der Waals surface area contributed by atoms with Crippen molar-refractivity contribution in [3.8, 4) is 0 Å². The first-order valence-electron chi connectivity index (χ1n) is 4.31. The standard InChI is InChI=1S/C9H10ClNO2S/c1-7-3-2-4-8-5-6-11(9(7)8)14(10,12)13/h2-4H,5-6H2,1H3. The number of para-hydroxylation sites is 1. The fourth-order valence-corrected chi connectivity index (χ4v) is 3.03. The smallest absolute Gasteiger partial charge is 0.257 e. The van der Waals surface area contributed by atoms with Gasteiger partial charge in [-0.1, -0.05) is 18.2 Å². The molecule has 0 aliphatic carbocycles. The number of fused-ring (bicyclic) bond motifs is 1. The van der Waals surface area contributed by atoms with Crippen LogP contribution in [-0.4, -0.2) is 15.0 Å². The zero-order valence-electron chi connectivity index (χ0n) is 7.70. The van der Waals surface area contributed by atoms with Crippen molar-refractivity contribution in [2.24, 2.45) is 0 Å². The molecule has 5 heteroatoms. The van der Waals surface area contributed by atoms with Gasteiger partial charge in [0.15, 0.2) is 0 Å². The van der Waals surface area contributed by atoms with Gasteiger partial charge < -0.3 is 0 Å². The molecule has 1 aromatic rings. The predicted octanol–water partition coefficient (Wildman–Crippen LogP) is 1.84. The molecule has 14 heavy (non-hydrogen) atoms. The molecule has 0 amide bonds. The molecule has 1 aliphatic rings. The molecular formula is C9H10ClNO2S. The van der Waals surface area contributed by atoms with Crippen molar-refractivity contribution in [3.63, 3.8) is 0 Å². The molecule has 3 nitrogen and oxygen atoms in total. The van der Waals surface area contributed by atoms with Gasteiger partial charge in [0.25, 0.3) is 0 Å². The van der Waals surface area contributed by atoms with E-state index in [0.29, 0.717) is 6.54 Å². The molecule has 0 fully saturated rings. The first kappa shape index (κ1) is 9.80. The van der Waals surface area contributed by atoms with Crippen LogP contribution in [0.5, 0.6) is 0 Å². The Bertz CT molecular complexity index is 470. The van der Waals surface area contributed by atoms with Crippen molar-refractivity contribution in [3.05, 3.63) is 29.3 Å². The lowest BCUT2D eigenvalue weighted by molar-refractivity contribution is 0.606. The molecule has 0 aromatic heterocycles. The summed E-state index contributed by atoms with van der Waals surface area (Å²) in [6.45, 7) is 2.34. The Morgan fingerprint density at radius 1 is 1.43 bits per heavy atom. The van der Waals surface area contributed by atoms with E-state index < -0.39 is 9.24 Å². The molecule has 0 saturated carbocycles. The van der Waals surface area contributed by atoms with E-state index in [-0.39, 0.29) is 0 Å². The Hall–Kier alpha value is -0.740. The van der Waals surface area contributed by atoms with Crippen molar-refractivity contribution in [2.45, 2.75) is 13.3 Å². The Balaban J connectivity index is 2.59. The number of hydrogen-bond acceptors (Lipinski definition) is 2. The SMILES string of the molecule is Cc1cccc2c1N(S(=O)(=O)Cl)CC2. The Morgan fingerprint density at radius 2 is 2.14 bits per heavy atom. The van der Waals surface area contributed by atoms with E-state index in [0.717, 1.165) is 23.2 Å². The van der Waals surface area contributed by atoms with Crippen LogP contribution in [0, 0.1) is 6.92 Å². The summed E-state index contributed by atoms with van der Waals surface area (Å²) in [6.07, 6.45) is 0.739. The molecule has 0 N–H and O–H groups in total. The fraction of sp³-hybridized carbons (Fsp3) is 0.333. The van der Waals surface area contributed by atoms with E-state index in [1.807, 2.05) is 25.1 Å². The van der Waals surface area contributed by atoms with E-state index in [1.54, 1.807) is 0 Å². The summed E-state index contributed by atoms with van der Waals surface area (Å²) in [5, 5.41) is 0. The molecule has 0 atom stereocenters. The summed E-state index contributed by atoms with van der Waals surface area (Å²) < 4.78 is 23.7. The van der Waals surface area contributed by atoms with E-state index in [1.165, 1.54) is 4.31 Å². The average molecular weight is 232 g/mol. The maximum Gasteiger partial charge on any atom is 0.321 e. The molecule has 0 bridgehead atoms. The third-order valence-electron chi connectivity index (χ3n) is 2.42. The largest absolute Gasteiger partial charge is 0.321 e. The highest BCUT2D eigenvalue weighted by Gasteiger charge is 2.28. The molecule has 1 aromatic carbocycles. The van der Waals surface area contributed by atoms with Crippen molar-refractivity contribution < 1.29 is 8.42 Å². The van der Waals surface area contributed by atoms with Crippen LogP contribution in [0.15, 0.2) is 18.2 Å². The van der Waals surface area contributed by atoms with Crippen LogP contribution in [-0.2, 0) is 15.7 Å². The highest BCUT2D eigenvalue weighted by atomic mass is 35.7. The van der Waals surface area contributed by atoms with Crippen LogP contribution in [0.3, 0.4) is 0 Å². The Morgan fingerprint density at radius 3 is 2.79 bits per heavy atom. The summed E-state index contributed by atoms with van der Waals surface area (Å²) >= 11 is 0. The molecule has 0 unspecified atom stereocenters. The quantitative estimate of drug-likeness (QED) is 0.692. The average Bonchev–Trinajstić information content (AvgIpc) is 2.47. The van der Waals surface area contributed by atoms with Gasteiger partial charge in [0.2, 0.25) is 0 Å². The zero-order chi connectivity index (χ0) is 10.3. The number of rotatable bonds is 1. The van der Waals surface area contributed by atoms with Crippen LogP contribution in [0.2, 0.25) is 0 Å². The molecule has 0 radical (unpaired) electrons. The van der Waals surface area contributed by atoms with Crippen molar-refractivity contribution >= 4 is 25.6 Å². The minimum absolute atomic E-state index is 0.450. The van der Waals surface area contributed by atoms with Gasteiger partial charge in [-0.25, -0.2) is 0 Å². The van der Waals surface area contributed by atoms with Crippen molar-refractivity contribution in [2.75, 3.05) is 10.8 Å². The van der Waals surface area contributed by atoms with Gasteiger partial charge in [-0.2, -0.15) is 8.42 Å². The van der Waals surface area contributed by atoms with Gasteiger partial charge >= 0.3 is 9.24 Å². The van der Waals surface area contributed by atoms with Crippen molar-refractivity contribution in [1.82, 2.24) is 0 Å². The maximum absolute atomic E-state index is 11.2. The minimum atomic E-state index is -3.63. The van der Waals surface area contributed by atoms with Gasteiger partial charge in [-0.15, -0.1) is 0 Å². The molecule has 1 aliphatic heterocycles. The second-order valence-electron chi connectivity index (χ2n) is 3.35. The molecule has 1 heterocycles. The van der Waals surface area contributed by atoms with E-state index in [2.05, 4.69) is 0 Å². The highest BCUT2D eigenvalue weighted by molar-refractivity contribution is 8.14. The van der Waals surface area contributed by atoms with Crippen LogP contribution >= 0.6 is 10.7 Å². The molecule has 2 rings (SSSR count). The fourth-order valence-electron chi connectivity index (χ4n) is 1.83. The number of aryl methyl sites for hydroxylation is 1. The second kappa shape index (κ2) is 3.14. The summed E-state index contributed by atoms with van der Waals surface area (Å²) in [6, 6.07) is 5.75. The number of nitrogens with zero attached hydrogens (tertiary/aromatic N) is 1. The number of benzene rings is 1. The van der Waals surface area contributed by atoms with Gasteiger partial charge in [-0.05, 0) is 24.5 Å². The van der Waals surface area contributed by atoms with Gasteiger partial charge in [0.05, 0.1) is 5.69 Å². The topological polar surface area (TPSA) is 37.4 Å². The zero-order valence-corrected chi connectivity index (χ0v) is 9.27. The lowest BCUT2D eigenvalue weighted by Crippen LogP contribution is -2.24. The molecule has 0 saturated heterocycles. The summed E-state index contributed by atoms with van der Waals surface area (Å²) in [4.78, 5) is 0. The first-order valence-corrected chi connectivity index (χ1v) is 6.57. The molecular weight excluding hydrogens is 222 g/mol. The third-order valence-corrected chi connectivity index (χ3v) is 3.81. The lowest BCUT2D eigenvalue weighted by Gasteiger charge is -2.16. The van der Waals surface area contributed by atoms with Crippen molar-refractivity contribution in [1.29, 1.82) is 0 Å². The van der Waals surface area contributed by atoms with Crippen LogP contribution in [0.4, 0.5) is 5.69 Å². The monoisotopic (exact) mass is 231 g/mol. The summed E-state index contributed by atoms with van der Waals surface area (Å²) in [7, 11) is 1.70. The predicted molar refractivity (Wildman–Crippen MR) is 57.0 cm³/mol. The van der Waals surface area contributed by atoms with Gasteiger partial charge in [0.1, 0.15) is 0 Å². The lowest BCUT2D eigenvalue weighted by atomic mass is 10.1. The van der Waals surface area contributed by atoms with Gasteiger partial charge in [-0.3, -0.25) is 4.31 Å². The van der Waals surface area contributed by atoms with E-state index in [9.17, 15) is 8.42 Å². The number of anilines is 1. The summed E-state index contributed by atoms with van der Waals surface area (Å²) in [5.41, 5.74) is 2.75. The second-order valence-corrected chi connectivity index (χ2v) is 5.78. The third kappa shape index (κ3) is 1.48. The number of halogens is 1. The van der Waals surface area contributed by atoms with E-state index in [4.69, 9.17) is 10.7 Å². The molecule has 76 valence electrons. The van der Waals surface area contributed by atoms with Crippen LogP contribution in [0.1, 0.15) is 11.1 Å². The van der Waals surface area contributed by atoms with Crippen LogP contribution < -0.4 is 4.31 Å². The normalized spacial score (nSPS) is 15.7. The van der Waals surface area contributed by atoms with E-state index >= 15 is 0 Å². The Labute approximate surface area is 87.8 Å². The minimum Gasteiger partial charge on any atom is -0.257 e. The first-order chi connectivity index (χ1) is 6.50.